The number of carbonyl (C=O) groups excluding carboxylic acids is 1. The van der Waals surface area contributed by atoms with Gasteiger partial charge in [0.15, 0.2) is 0 Å². The molecule has 0 aliphatic carbocycles. The lowest BCUT2D eigenvalue weighted by Gasteiger charge is -2.36. The van der Waals surface area contributed by atoms with Gasteiger partial charge in [0.1, 0.15) is 0 Å². The molecule has 0 spiro atoms. The molecular formula is C12H16N2O. The van der Waals surface area contributed by atoms with Crippen LogP contribution in [0.1, 0.15) is 25.8 Å². The normalized spacial score (nSPS) is 18.9. The van der Waals surface area contributed by atoms with Gasteiger partial charge in [0.05, 0.1) is 0 Å². The van der Waals surface area contributed by atoms with Gasteiger partial charge in [-0.2, -0.15) is 0 Å². The van der Waals surface area contributed by atoms with Crippen LogP contribution in [0.25, 0.3) is 0 Å². The number of nitrogen functional groups attached to an aromatic ring is 1. The Kier molecular flexibility index (Phi) is 2.00. The fourth-order valence-corrected chi connectivity index (χ4v) is 2.11. The Morgan fingerprint density at radius 3 is 2.73 bits per heavy atom. The summed E-state index contributed by atoms with van der Waals surface area (Å²) in [5, 5.41) is 0. The van der Waals surface area contributed by atoms with E-state index in [1.54, 1.807) is 4.90 Å². The smallest absolute Gasteiger partial charge is 0.227 e. The second kappa shape index (κ2) is 2.99. The first-order valence-electron chi connectivity index (χ1n) is 5.08. The van der Waals surface area contributed by atoms with Gasteiger partial charge in [-0.15, -0.1) is 0 Å². The zero-order chi connectivity index (χ0) is 11.2. The third-order valence-electron chi connectivity index (χ3n) is 3.08. The van der Waals surface area contributed by atoms with Crippen LogP contribution in [0.3, 0.4) is 0 Å². The predicted molar refractivity (Wildman–Crippen MR) is 61.9 cm³/mol. The Balaban J connectivity index is 2.64. The summed E-state index contributed by atoms with van der Waals surface area (Å²) in [6.45, 7) is 4.16. The molecule has 0 radical (unpaired) electrons. The summed E-state index contributed by atoms with van der Waals surface area (Å²) >= 11 is 0. The highest BCUT2D eigenvalue weighted by atomic mass is 16.2. The first-order valence-corrected chi connectivity index (χ1v) is 5.08. The second-order valence-electron chi connectivity index (χ2n) is 4.79. The summed E-state index contributed by atoms with van der Waals surface area (Å²) in [5.41, 5.74) is 8.55. The van der Waals surface area contributed by atoms with Crippen LogP contribution in [0.5, 0.6) is 0 Å². The van der Waals surface area contributed by atoms with Gasteiger partial charge in [0, 0.05) is 30.3 Å². The molecule has 2 rings (SSSR count). The summed E-state index contributed by atoms with van der Waals surface area (Å²) in [4.78, 5) is 13.5. The van der Waals surface area contributed by atoms with Crippen molar-refractivity contribution in [3.05, 3.63) is 23.8 Å². The minimum Gasteiger partial charge on any atom is -0.399 e. The number of benzene rings is 1. The molecular weight excluding hydrogens is 188 g/mol. The molecule has 0 bridgehead atoms. The maximum atomic E-state index is 11.8. The molecule has 1 aliphatic rings. The van der Waals surface area contributed by atoms with Gasteiger partial charge >= 0.3 is 0 Å². The van der Waals surface area contributed by atoms with E-state index in [-0.39, 0.29) is 11.3 Å². The number of carbonyl (C=O) groups is 1. The van der Waals surface area contributed by atoms with Crippen molar-refractivity contribution >= 4 is 17.3 Å². The lowest BCUT2D eigenvalue weighted by atomic mass is 9.77. The molecule has 3 nitrogen and oxygen atoms in total. The molecule has 3 heteroatoms. The summed E-state index contributed by atoms with van der Waals surface area (Å²) in [6.07, 6.45) is 0.542. The van der Waals surface area contributed by atoms with Crippen molar-refractivity contribution in [2.45, 2.75) is 25.7 Å². The van der Waals surface area contributed by atoms with Crippen molar-refractivity contribution < 1.29 is 4.79 Å². The van der Waals surface area contributed by atoms with Crippen LogP contribution in [-0.4, -0.2) is 13.0 Å². The van der Waals surface area contributed by atoms with Gasteiger partial charge in [-0.1, -0.05) is 13.8 Å². The standard InChI is InChI=1S/C12H16N2O/c1-12(2)7-11(15)14(3)10-5-4-8(13)6-9(10)12/h4-6H,7,13H2,1-3H3. The highest BCUT2D eigenvalue weighted by molar-refractivity contribution is 5.97. The molecule has 1 aromatic carbocycles. The van der Waals surface area contributed by atoms with E-state index in [1.807, 2.05) is 25.2 Å². The van der Waals surface area contributed by atoms with E-state index < -0.39 is 0 Å². The number of hydrogen-bond acceptors (Lipinski definition) is 2. The topological polar surface area (TPSA) is 46.3 Å². The third kappa shape index (κ3) is 1.48. The molecule has 0 aromatic heterocycles. The molecule has 1 aliphatic heterocycles. The van der Waals surface area contributed by atoms with E-state index in [4.69, 9.17) is 5.73 Å². The molecule has 1 aromatic rings. The molecule has 0 atom stereocenters. The summed E-state index contributed by atoms with van der Waals surface area (Å²) in [5.74, 6) is 0.164. The summed E-state index contributed by atoms with van der Waals surface area (Å²) in [7, 11) is 1.81. The Labute approximate surface area is 89.9 Å². The zero-order valence-corrected chi connectivity index (χ0v) is 9.37. The Hall–Kier alpha value is -1.51. The minimum absolute atomic E-state index is 0.117. The molecule has 1 amide bonds. The van der Waals surface area contributed by atoms with E-state index in [2.05, 4.69) is 13.8 Å². The van der Waals surface area contributed by atoms with Crippen LogP contribution >= 0.6 is 0 Å². The predicted octanol–water partition coefficient (Wildman–Crippen LogP) is 1.91. The van der Waals surface area contributed by atoms with Crippen LogP contribution in [0.4, 0.5) is 11.4 Å². The maximum absolute atomic E-state index is 11.8. The average molecular weight is 204 g/mol. The number of fused-ring (bicyclic) bond motifs is 1. The average Bonchev–Trinajstić information content (AvgIpc) is 2.14. The zero-order valence-electron chi connectivity index (χ0n) is 9.37. The lowest BCUT2D eigenvalue weighted by molar-refractivity contribution is -0.119. The van der Waals surface area contributed by atoms with Gasteiger partial charge in [-0.3, -0.25) is 4.79 Å². The molecule has 1 heterocycles. The monoisotopic (exact) mass is 204 g/mol. The molecule has 0 fully saturated rings. The second-order valence-corrected chi connectivity index (χ2v) is 4.79. The number of hydrogen-bond donors (Lipinski definition) is 1. The van der Waals surface area contributed by atoms with Crippen LogP contribution < -0.4 is 10.6 Å². The molecule has 80 valence electrons. The van der Waals surface area contributed by atoms with E-state index in [0.717, 1.165) is 16.9 Å². The molecule has 15 heavy (non-hydrogen) atoms. The highest BCUT2D eigenvalue weighted by Gasteiger charge is 2.34. The summed E-state index contributed by atoms with van der Waals surface area (Å²) in [6, 6.07) is 5.73. The minimum atomic E-state index is -0.117. The first kappa shape index (κ1) is 10.0. The first-order chi connectivity index (χ1) is 6.92. The number of amides is 1. The molecule has 0 saturated carbocycles. The van der Waals surface area contributed by atoms with Crippen molar-refractivity contribution in [3.8, 4) is 0 Å². The van der Waals surface area contributed by atoms with Crippen LogP contribution in [0, 0.1) is 0 Å². The van der Waals surface area contributed by atoms with E-state index >= 15 is 0 Å². The Morgan fingerprint density at radius 2 is 2.07 bits per heavy atom. The van der Waals surface area contributed by atoms with Gasteiger partial charge in [-0.25, -0.2) is 0 Å². The van der Waals surface area contributed by atoms with Crippen LogP contribution in [0.2, 0.25) is 0 Å². The Bertz CT molecular complexity index is 424. The van der Waals surface area contributed by atoms with Gasteiger partial charge < -0.3 is 10.6 Å². The van der Waals surface area contributed by atoms with Crippen molar-refractivity contribution in [2.24, 2.45) is 0 Å². The van der Waals surface area contributed by atoms with Gasteiger partial charge in [0.2, 0.25) is 5.91 Å². The van der Waals surface area contributed by atoms with Crippen molar-refractivity contribution in [3.63, 3.8) is 0 Å². The molecule has 0 unspecified atom stereocenters. The van der Waals surface area contributed by atoms with Gasteiger partial charge in [0.25, 0.3) is 0 Å². The van der Waals surface area contributed by atoms with Crippen molar-refractivity contribution in [1.82, 2.24) is 0 Å². The third-order valence-corrected chi connectivity index (χ3v) is 3.08. The van der Waals surface area contributed by atoms with E-state index in [0.29, 0.717) is 6.42 Å². The van der Waals surface area contributed by atoms with E-state index in [9.17, 15) is 4.79 Å². The number of nitrogens with zero attached hydrogens (tertiary/aromatic N) is 1. The maximum Gasteiger partial charge on any atom is 0.227 e. The van der Waals surface area contributed by atoms with E-state index in [1.165, 1.54) is 0 Å². The SMILES string of the molecule is CN1C(=O)CC(C)(C)c2cc(N)ccc21. The van der Waals surface area contributed by atoms with Crippen molar-refractivity contribution in [2.75, 3.05) is 17.7 Å². The highest BCUT2D eigenvalue weighted by Crippen LogP contribution is 2.40. The number of nitrogens with two attached hydrogens (primary N) is 1. The van der Waals surface area contributed by atoms with Crippen LogP contribution in [0.15, 0.2) is 18.2 Å². The Morgan fingerprint density at radius 1 is 1.40 bits per heavy atom. The van der Waals surface area contributed by atoms with Gasteiger partial charge in [-0.05, 0) is 23.8 Å². The van der Waals surface area contributed by atoms with Crippen molar-refractivity contribution in [1.29, 1.82) is 0 Å². The fraction of sp³-hybridized carbons (Fsp3) is 0.417. The lowest BCUT2D eigenvalue weighted by Crippen LogP contribution is -2.39. The molecule has 2 N–H and O–H groups in total. The largest absolute Gasteiger partial charge is 0.399 e. The number of anilines is 2. The summed E-state index contributed by atoms with van der Waals surface area (Å²) < 4.78 is 0. The number of rotatable bonds is 0. The fourth-order valence-electron chi connectivity index (χ4n) is 2.11. The van der Waals surface area contributed by atoms with Crippen LogP contribution in [-0.2, 0) is 10.2 Å². The quantitative estimate of drug-likeness (QED) is 0.656. The molecule has 0 saturated heterocycles.